The van der Waals surface area contributed by atoms with Crippen molar-refractivity contribution in [2.24, 2.45) is 10.4 Å². The molecule has 0 bridgehead atoms. The highest BCUT2D eigenvalue weighted by Crippen LogP contribution is 2.36. The van der Waals surface area contributed by atoms with Crippen LogP contribution in [0.25, 0.3) is 0 Å². The van der Waals surface area contributed by atoms with Gasteiger partial charge in [-0.15, -0.1) is 0 Å². The first-order valence-electron chi connectivity index (χ1n) is 13.0. The predicted octanol–water partition coefficient (Wildman–Crippen LogP) is 4.88. The Balaban J connectivity index is 1.65. The Morgan fingerprint density at radius 1 is 1.10 bits per heavy atom. The van der Waals surface area contributed by atoms with Gasteiger partial charge in [0.1, 0.15) is 23.4 Å². The summed E-state index contributed by atoms with van der Waals surface area (Å²) in [6.45, 7) is 5.56. The third-order valence-electron chi connectivity index (χ3n) is 6.50. The Hall–Kier alpha value is -3.75. The number of aliphatic hydroxyl groups excluding tert-OH is 1. The summed E-state index contributed by atoms with van der Waals surface area (Å²) in [5, 5.41) is 19.4. The number of nitrogens with zero attached hydrogens (tertiary/aromatic N) is 1. The van der Waals surface area contributed by atoms with Crippen molar-refractivity contribution in [3.05, 3.63) is 65.2 Å². The Bertz CT molecular complexity index is 1480. The molecule has 0 fully saturated rings. The van der Waals surface area contributed by atoms with Crippen LogP contribution in [0.4, 0.5) is 13.2 Å². The fourth-order valence-electron chi connectivity index (χ4n) is 4.47. The zero-order chi connectivity index (χ0) is 31.2. The van der Waals surface area contributed by atoms with E-state index in [1.807, 2.05) is 18.6 Å². The maximum Gasteiger partial charge on any atom is 0.261 e. The molecule has 1 atom stereocenters. The van der Waals surface area contributed by atoms with Gasteiger partial charge in [-0.05, 0) is 68.0 Å². The quantitative estimate of drug-likeness (QED) is 0.115. The fourth-order valence-corrected chi connectivity index (χ4v) is 5.72. The molecule has 0 radical (unpaired) electrons. The number of hydrogen-bond acceptors (Lipinski definition) is 8. The van der Waals surface area contributed by atoms with Crippen LogP contribution in [0.3, 0.4) is 0 Å². The van der Waals surface area contributed by atoms with E-state index in [0.717, 1.165) is 24.3 Å². The normalized spacial score (nSPS) is 16.4. The maximum atomic E-state index is 14.6. The first-order valence-corrected chi connectivity index (χ1v) is 14.5. The molecule has 0 unspecified atom stereocenters. The van der Waals surface area contributed by atoms with E-state index in [0.29, 0.717) is 30.7 Å². The van der Waals surface area contributed by atoms with Crippen molar-refractivity contribution in [2.45, 2.75) is 63.8 Å². The number of hydroxylamine groups is 1. The minimum Gasteiger partial charge on any atom is -0.511 e. The second-order valence-electron chi connectivity index (χ2n) is 10.6. The molecule has 0 aromatic heterocycles. The molecule has 4 N–H and O–H groups in total. The number of aliphatic hydroxyl groups is 1. The zero-order valence-corrected chi connectivity index (χ0v) is 24.0. The van der Waals surface area contributed by atoms with E-state index in [-0.39, 0.29) is 54.1 Å². The smallest absolute Gasteiger partial charge is 0.261 e. The molecule has 10 nitrogen and oxygen atoms in total. The molecule has 1 amide bonds. The zero-order valence-electron chi connectivity index (χ0n) is 23.2. The van der Waals surface area contributed by atoms with Gasteiger partial charge in [0.15, 0.2) is 23.2 Å². The third kappa shape index (κ3) is 8.39. The van der Waals surface area contributed by atoms with E-state index in [1.165, 1.54) is 5.48 Å². The number of carbonyl (C=O) groups excluding carboxylic acids is 2. The number of sulfonamides is 1. The van der Waals surface area contributed by atoms with Gasteiger partial charge >= 0.3 is 0 Å². The van der Waals surface area contributed by atoms with E-state index in [2.05, 4.69) is 4.99 Å². The molecule has 228 valence electrons. The monoisotopic (exact) mass is 611 g/mol. The summed E-state index contributed by atoms with van der Waals surface area (Å²) in [5.74, 6) is -5.65. The van der Waals surface area contributed by atoms with Gasteiger partial charge in [-0.1, -0.05) is 13.8 Å². The van der Waals surface area contributed by atoms with E-state index in [1.54, 1.807) is 6.92 Å². The van der Waals surface area contributed by atoms with Crippen LogP contribution in [-0.2, 0) is 19.6 Å². The lowest BCUT2D eigenvalue weighted by atomic mass is 9.76. The van der Waals surface area contributed by atoms with Crippen molar-refractivity contribution in [3.8, 4) is 11.5 Å². The minimum absolute atomic E-state index is 0.0190. The highest BCUT2D eigenvalue weighted by molar-refractivity contribution is 7.89. The average Bonchev–Trinajstić information content (AvgIpc) is 2.89. The molecule has 42 heavy (non-hydrogen) atoms. The number of amides is 1. The van der Waals surface area contributed by atoms with E-state index < -0.39 is 50.1 Å². The van der Waals surface area contributed by atoms with Crippen LogP contribution in [0, 0.1) is 22.9 Å². The first-order chi connectivity index (χ1) is 19.6. The second kappa shape index (κ2) is 13.5. The Labute approximate surface area is 241 Å². The third-order valence-corrected chi connectivity index (χ3v) is 7.96. The molecule has 0 saturated heterocycles. The van der Waals surface area contributed by atoms with Crippen molar-refractivity contribution < 1.29 is 46.2 Å². The van der Waals surface area contributed by atoms with E-state index >= 15 is 0 Å². The molecule has 2 aromatic carbocycles. The van der Waals surface area contributed by atoms with Gasteiger partial charge in [-0.3, -0.25) is 19.8 Å². The molecule has 3 rings (SSSR count). The van der Waals surface area contributed by atoms with Gasteiger partial charge in [0.2, 0.25) is 10.0 Å². The number of Topliss-reactive ketones (excluding diaryl/α,β-unsaturated/α-hetero) is 1. The number of rotatable bonds is 12. The maximum absolute atomic E-state index is 14.6. The Morgan fingerprint density at radius 3 is 2.29 bits per heavy atom. The van der Waals surface area contributed by atoms with Crippen LogP contribution in [0.2, 0.25) is 0 Å². The molecule has 1 aliphatic carbocycles. The summed E-state index contributed by atoms with van der Waals surface area (Å²) in [6.07, 6.45) is 1.08. The number of carbonyl (C=O) groups is 2. The van der Waals surface area contributed by atoms with Crippen LogP contribution in [0.1, 0.15) is 52.9 Å². The van der Waals surface area contributed by atoms with Crippen LogP contribution >= 0.6 is 0 Å². The number of benzene rings is 2. The Morgan fingerprint density at radius 2 is 1.71 bits per heavy atom. The number of aliphatic imine (C=N–C) groups is 1. The second-order valence-corrected chi connectivity index (χ2v) is 12.4. The number of ether oxygens (including phenoxy) is 1. The van der Waals surface area contributed by atoms with Gasteiger partial charge in [-0.2, -0.15) is 4.72 Å². The summed E-state index contributed by atoms with van der Waals surface area (Å²) in [4.78, 5) is 28.1. The van der Waals surface area contributed by atoms with Crippen LogP contribution in [-0.4, -0.2) is 48.7 Å². The van der Waals surface area contributed by atoms with Crippen LogP contribution in [0.15, 0.2) is 57.6 Å². The SMILES string of the molecule is CC(=NCCCC[C@@H](NS(=O)(=O)c1cc(F)c(Oc2ccc(F)cc2)c(F)c1)C(=O)NO)C1=C(O)CC(C)(C)CC1=O. The number of nitrogens with one attached hydrogen (secondary N) is 2. The molecule has 0 heterocycles. The Kier molecular flexibility index (Phi) is 10.5. The van der Waals surface area contributed by atoms with Crippen molar-refractivity contribution in [3.63, 3.8) is 0 Å². The summed E-state index contributed by atoms with van der Waals surface area (Å²) < 4.78 is 75.2. The fraction of sp³-hybridized carbons (Fsp3) is 0.393. The lowest BCUT2D eigenvalue weighted by molar-refractivity contribution is -0.131. The predicted molar refractivity (Wildman–Crippen MR) is 146 cm³/mol. The lowest BCUT2D eigenvalue weighted by Gasteiger charge is -2.29. The van der Waals surface area contributed by atoms with Crippen LogP contribution < -0.4 is 14.9 Å². The van der Waals surface area contributed by atoms with E-state index in [4.69, 9.17) is 9.94 Å². The number of unbranched alkanes of at least 4 members (excludes halogenated alkanes) is 1. The summed E-state index contributed by atoms with van der Waals surface area (Å²) in [7, 11) is -4.65. The minimum atomic E-state index is -4.65. The summed E-state index contributed by atoms with van der Waals surface area (Å²) >= 11 is 0. The molecule has 0 spiro atoms. The van der Waals surface area contributed by atoms with Gasteiger partial charge < -0.3 is 9.84 Å². The van der Waals surface area contributed by atoms with E-state index in [9.17, 15) is 36.3 Å². The van der Waals surface area contributed by atoms with Crippen molar-refractivity contribution in [2.75, 3.05) is 6.54 Å². The summed E-state index contributed by atoms with van der Waals surface area (Å²) in [6, 6.07) is 3.76. The van der Waals surface area contributed by atoms with Gasteiger partial charge in [-0.25, -0.2) is 27.1 Å². The molecule has 14 heteroatoms. The van der Waals surface area contributed by atoms with Gasteiger partial charge in [0, 0.05) is 25.1 Å². The largest absolute Gasteiger partial charge is 0.511 e. The number of halogens is 3. The van der Waals surface area contributed by atoms with Crippen molar-refractivity contribution >= 4 is 27.4 Å². The average molecular weight is 612 g/mol. The van der Waals surface area contributed by atoms with Crippen LogP contribution in [0.5, 0.6) is 11.5 Å². The number of ketones is 1. The first kappa shape index (κ1) is 32.8. The number of allylic oxidation sites excluding steroid dienone is 2. The van der Waals surface area contributed by atoms with Gasteiger partial charge in [0.05, 0.1) is 10.5 Å². The van der Waals surface area contributed by atoms with Crippen molar-refractivity contribution in [1.82, 2.24) is 10.2 Å². The molecule has 2 aromatic rings. The standard InChI is InChI=1S/C28H32F3N3O7S/c1-16(25-23(35)14-28(2,3)15-24(25)36)32-11-5-4-6-22(27(37)33-38)34-42(39,40)19-12-20(30)26(21(31)13-19)41-18-9-7-17(29)8-10-18/h7-10,12-13,22,34-35,38H,4-6,11,14-15H2,1-3H3,(H,33,37)/t22-/m1/s1. The highest BCUT2D eigenvalue weighted by Gasteiger charge is 2.34. The molecular formula is C28H32F3N3O7S. The molecule has 0 aliphatic heterocycles. The highest BCUT2D eigenvalue weighted by atomic mass is 32.2. The molecular weight excluding hydrogens is 579 g/mol. The van der Waals surface area contributed by atoms with Gasteiger partial charge in [0.25, 0.3) is 5.91 Å². The molecule has 0 saturated carbocycles. The molecule has 1 aliphatic rings. The number of hydrogen-bond donors (Lipinski definition) is 4. The van der Waals surface area contributed by atoms with Crippen molar-refractivity contribution in [1.29, 1.82) is 0 Å². The topological polar surface area (TPSA) is 154 Å². The summed E-state index contributed by atoms with van der Waals surface area (Å²) in [5.41, 5.74) is 1.57. The lowest BCUT2D eigenvalue weighted by Crippen LogP contribution is -2.45.